The Hall–Kier alpha value is -2.21. The van der Waals surface area contributed by atoms with Crippen LogP contribution in [0.2, 0.25) is 5.02 Å². The van der Waals surface area contributed by atoms with E-state index in [1.165, 1.54) is 11.1 Å². The lowest BCUT2D eigenvalue weighted by Crippen LogP contribution is -2.50. The van der Waals surface area contributed by atoms with Gasteiger partial charge in [0.1, 0.15) is 16.7 Å². The molecule has 2 aromatic carbocycles. The number of amides is 1. The summed E-state index contributed by atoms with van der Waals surface area (Å²) in [6.07, 6.45) is 6.90. The molecule has 2 bridgehead atoms. The lowest BCUT2D eigenvalue weighted by molar-refractivity contribution is -0.229. The summed E-state index contributed by atoms with van der Waals surface area (Å²) in [5, 5.41) is 7.58. The van der Waals surface area contributed by atoms with Crippen LogP contribution in [0.25, 0.3) is 0 Å². The first-order valence-electron chi connectivity index (χ1n) is 17.7. The first kappa shape index (κ1) is 37.1. The maximum Gasteiger partial charge on any atom is 0.263 e. The lowest BCUT2D eigenvalue weighted by atomic mass is 9.65. The highest BCUT2D eigenvalue weighted by Gasteiger charge is 2.44. The molecular weight excluding hydrogens is 650 g/mol. The molecule has 1 amide bonds. The minimum absolute atomic E-state index is 0.0871. The number of benzene rings is 2. The zero-order valence-electron chi connectivity index (χ0n) is 28.9. The monoisotopic (exact) mass is 703 g/mol. The van der Waals surface area contributed by atoms with Crippen LogP contribution in [0, 0.1) is 23.7 Å². The van der Waals surface area contributed by atoms with E-state index in [4.69, 9.17) is 36.7 Å². The molecule has 1 saturated carbocycles. The summed E-state index contributed by atoms with van der Waals surface area (Å²) in [6.45, 7) is 9.48. The van der Waals surface area contributed by atoms with Gasteiger partial charge in [0.05, 0.1) is 36.8 Å². The van der Waals surface area contributed by atoms with Gasteiger partial charge in [-0.1, -0.05) is 44.4 Å². The van der Waals surface area contributed by atoms with E-state index in [0.29, 0.717) is 37.2 Å². The van der Waals surface area contributed by atoms with Crippen LogP contribution in [0.3, 0.4) is 0 Å². The van der Waals surface area contributed by atoms with Crippen LogP contribution < -0.4 is 20.1 Å². The number of nitrogens with two attached hydrogens (primary N) is 1. The summed E-state index contributed by atoms with van der Waals surface area (Å²) in [4.78, 5) is 15.9. The number of anilines is 1. The average molecular weight is 704 g/mol. The number of ether oxygens (including phenoxy) is 3. The first-order valence-corrected chi connectivity index (χ1v) is 19.3. The van der Waals surface area contributed by atoms with Gasteiger partial charge in [0.15, 0.2) is 6.29 Å². The fourth-order valence-electron chi connectivity index (χ4n) is 7.82. The smallest absolute Gasteiger partial charge is 0.263 e. The van der Waals surface area contributed by atoms with Crippen LogP contribution in [0.5, 0.6) is 5.75 Å². The van der Waals surface area contributed by atoms with Crippen molar-refractivity contribution in [1.82, 2.24) is 4.72 Å². The summed E-state index contributed by atoms with van der Waals surface area (Å²) in [6, 6.07) is 11.8. The van der Waals surface area contributed by atoms with E-state index in [1.54, 1.807) is 6.07 Å². The molecular formula is C37H54ClN3O6S. The van der Waals surface area contributed by atoms with Crippen LogP contribution in [0.1, 0.15) is 86.7 Å². The molecule has 2 aromatic rings. The number of hydrogen-bond donors (Lipinski definition) is 3. The molecule has 4 N–H and O–H groups in total. The Morgan fingerprint density at radius 3 is 2.48 bits per heavy atom. The van der Waals surface area contributed by atoms with Crippen LogP contribution in [0.4, 0.5) is 5.69 Å². The Bertz CT molecular complexity index is 1410. The molecule has 0 radical (unpaired) electrons. The second-order valence-electron chi connectivity index (χ2n) is 14.0. The average Bonchev–Trinajstić information content (AvgIpc) is 3.26. The van der Waals surface area contributed by atoms with Crippen LogP contribution in [-0.4, -0.2) is 72.8 Å². The van der Waals surface area contributed by atoms with Crippen LogP contribution in [0.15, 0.2) is 36.4 Å². The first-order chi connectivity index (χ1) is 23.2. The Balaban J connectivity index is 0.00000221. The minimum Gasteiger partial charge on any atom is -0.491 e. The molecule has 6 rings (SSSR count). The molecule has 1 aliphatic carbocycles. The van der Waals surface area contributed by atoms with Gasteiger partial charge in [0, 0.05) is 42.6 Å². The fourth-order valence-corrected chi connectivity index (χ4v) is 9.06. The van der Waals surface area contributed by atoms with Crippen molar-refractivity contribution in [3.05, 3.63) is 58.1 Å². The van der Waals surface area contributed by atoms with Gasteiger partial charge >= 0.3 is 0 Å². The number of hydrogen-bond acceptors (Lipinski definition) is 8. The summed E-state index contributed by atoms with van der Waals surface area (Å²) >= 11 is 6.45. The highest BCUT2D eigenvalue weighted by molar-refractivity contribution is 7.84. The highest BCUT2D eigenvalue weighted by Crippen LogP contribution is 2.47. The number of aryl methyl sites for hydroxylation is 1. The molecule has 0 aromatic heterocycles. The normalized spacial score (nSPS) is 32.7. The largest absolute Gasteiger partial charge is 0.491 e. The topological polar surface area (TPSA) is 123 Å². The van der Waals surface area contributed by atoms with E-state index in [-0.39, 0.29) is 41.2 Å². The second-order valence-corrected chi connectivity index (χ2v) is 16.0. The van der Waals surface area contributed by atoms with Crippen molar-refractivity contribution >= 4 is 34.2 Å². The van der Waals surface area contributed by atoms with Gasteiger partial charge in [0.2, 0.25) is 0 Å². The van der Waals surface area contributed by atoms with Crippen LogP contribution >= 0.6 is 11.6 Å². The van der Waals surface area contributed by atoms with Gasteiger partial charge in [0.25, 0.3) is 5.91 Å². The Labute approximate surface area is 293 Å². The predicted octanol–water partition coefficient (Wildman–Crippen LogP) is 5.83. The number of rotatable bonds is 4. The molecule has 48 heavy (non-hydrogen) atoms. The number of nitrogens with one attached hydrogen (secondary N) is 1. The molecule has 1 saturated heterocycles. The van der Waals surface area contributed by atoms with E-state index < -0.39 is 11.0 Å². The minimum atomic E-state index is -1.51. The molecule has 7 atom stereocenters. The zero-order valence-corrected chi connectivity index (χ0v) is 30.4. The van der Waals surface area contributed by atoms with Gasteiger partial charge in [-0.25, -0.2) is 4.21 Å². The van der Waals surface area contributed by atoms with Crippen LogP contribution in [-0.2, 0) is 26.9 Å². The highest BCUT2D eigenvalue weighted by atomic mass is 35.5. The maximum atomic E-state index is 13.4. The van der Waals surface area contributed by atoms with E-state index >= 15 is 0 Å². The number of carbonyl (C=O) groups excluding carboxylic acids is 1. The predicted molar refractivity (Wildman–Crippen MR) is 192 cm³/mol. The number of fused-ring (bicyclic) bond motifs is 2. The van der Waals surface area contributed by atoms with E-state index in [1.807, 2.05) is 25.1 Å². The third-order valence-corrected chi connectivity index (χ3v) is 12.6. The van der Waals surface area contributed by atoms with Crippen molar-refractivity contribution in [2.75, 3.05) is 44.9 Å². The van der Waals surface area contributed by atoms with Crippen molar-refractivity contribution < 1.29 is 28.3 Å². The Morgan fingerprint density at radius 2 is 1.77 bits per heavy atom. The number of halogens is 1. The van der Waals surface area contributed by atoms with Gasteiger partial charge in [-0.2, -0.15) is 0 Å². The third-order valence-electron chi connectivity index (χ3n) is 10.8. The second kappa shape index (κ2) is 17.1. The van der Waals surface area contributed by atoms with Crippen molar-refractivity contribution in [3.63, 3.8) is 0 Å². The molecule has 4 aliphatic rings. The van der Waals surface area contributed by atoms with Crippen molar-refractivity contribution in [2.24, 2.45) is 29.4 Å². The van der Waals surface area contributed by atoms with Gasteiger partial charge in [-0.15, -0.1) is 0 Å². The Kier molecular flexibility index (Phi) is 13.2. The zero-order chi connectivity index (χ0) is 34.4. The van der Waals surface area contributed by atoms with Crippen molar-refractivity contribution in [1.29, 1.82) is 0 Å². The summed E-state index contributed by atoms with van der Waals surface area (Å²) in [5.74, 6) is 1.95. The number of carbonyl (C=O) groups is 1. The molecule has 0 spiro atoms. The molecule has 2 fully saturated rings. The SMILES string of the molecule is CCCc1cc(Cl)ccc1C1COc2ccc3cc2N(C1)CC1CCC1C(C1OCC(N)CO1)CCCC(C)C(C)S(=O)NC3=O.CO. The van der Waals surface area contributed by atoms with Gasteiger partial charge in [-0.05, 0) is 98.2 Å². The summed E-state index contributed by atoms with van der Waals surface area (Å²) < 4.78 is 35.1. The molecule has 266 valence electrons. The maximum absolute atomic E-state index is 13.4. The van der Waals surface area contributed by atoms with Gasteiger partial charge < -0.3 is 30.0 Å². The summed E-state index contributed by atoms with van der Waals surface area (Å²) in [7, 11) is -0.507. The fraction of sp³-hybridized carbons (Fsp3) is 0.649. The molecule has 9 nitrogen and oxygen atoms in total. The standard InChI is InChI=1S/C36H50ClN3O5S.CH4O/c1-4-6-24-15-28(37)11-13-30(24)27-18-40-17-26-9-12-31(26)32(36-44-20-29(38)21-45-36)8-5-7-22(2)23(3)46(42)39-35(41)25-10-14-34(43-19-27)33(40)16-25;1-2/h10-11,13-16,22-23,26-27,29,31-32,36H,4-9,12,17-21,38H2,1-3H3,(H,39,41);2H,1H3. The third kappa shape index (κ3) is 8.56. The van der Waals surface area contributed by atoms with Gasteiger partial charge in [-0.3, -0.25) is 9.52 Å². The quantitative estimate of drug-likeness (QED) is 0.364. The lowest BCUT2D eigenvalue weighted by Gasteiger charge is -2.47. The summed E-state index contributed by atoms with van der Waals surface area (Å²) in [5.41, 5.74) is 10.1. The van der Waals surface area contributed by atoms with Crippen molar-refractivity contribution in [2.45, 2.75) is 89.2 Å². The molecule has 11 heteroatoms. The number of nitrogens with zero attached hydrogens (tertiary/aromatic N) is 1. The molecule has 3 aliphatic heterocycles. The van der Waals surface area contributed by atoms with E-state index in [0.717, 1.165) is 81.6 Å². The van der Waals surface area contributed by atoms with E-state index in [2.05, 4.69) is 35.6 Å². The Morgan fingerprint density at radius 1 is 1.00 bits per heavy atom. The van der Waals surface area contributed by atoms with E-state index in [9.17, 15) is 9.00 Å². The molecule has 7 unspecified atom stereocenters. The number of aliphatic hydroxyl groups is 1. The number of aliphatic hydroxyl groups excluding tert-OH is 1. The van der Waals surface area contributed by atoms with Crippen molar-refractivity contribution in [3.8, 4) is 5.75 Å². The molecule has 3 heterocycles.